The molecule has 0 heterocycles. The number of hydrogen-bond acceptors (Lipinski definition) is 5. The van der Waals surface area contributed by atoms with Gasteiger partial charge in [-0.25, -0.2) is 13.1 Å². The molecule has 0 amide bonds. The fourth-order valence-corrected chi connectivity index (χ4v) is 3.64. The van der Waals surface area contributed by atoms with Gasteiger partial charge in [-0.1, -0.05) is 18.2 Å². The second kappa shape index (κ2) is 7.39. The Bertz CT molecular complexity index is 731. The highest BCUT2D eigenvalue weighted by atomic mass is 32.2. The van der Waals surface area contributed by atoms with Crippen molar-refractivity contribution in [3.63, 3.8) is 0 Å². The van der Waals surface area contributed by atoms with E-state index < -0.39 is 14.9 Å². The molecule has 0 bridgehead atoms. The van der Waals surface area contributed by atoms with Crippen LogP contribution in [0.15, 0.2) is 64.4 Å². The zero-order valence-electron chi connectivity index (χ0n) is 11.5. The predicted octanol–water partition coefficient (Wildman–Crippen LogP) is 2.67. The molecule has 0 fully saturated rings. The number of thioether (sulfide) groups is 1. The maximum atomic E-state index is 12.0. The van der Waals surface area contributed by atoms with Crippen molar-refractivity contribution in [3.8, 4) is 0 Å². The molecule has 22 heavy (non-hydrogen) atoms. The standard InChI is InChI=1S/C14H14N2O4S2/c17-16(18)12-6-8-14(9-7-12)22(19,20)15-10-11-21-13-4-2-1-3-5-13/h1-9,15H,10-11H2. The van der Waals surface area contributed by atoms with Gasteiger partial charge in [-0.2, -0.15) is 0 Å². The summed E-state index contributed by atoms with van der Waals surface area (Å²) < 4.78 is 26.5. The average Bonchev–Trinajstić information content (AvgIpc) is 2.53. The maximum absolute atomic E-state index is 12.0. The van der Waals surface area contributed by atoms with Crippen LogP contribution >= 0.6 is 11.8 Å². The fourth-order valence-electron chi connectivity index (χ4n) is 1.69. The number of nitrogens with zero attached hydrogens (tertiary/aromatic N) is 1. The van der Waals surface area contributed by atoms with Gasteiger partial charge in [0.1, 0.15) is 0 Å². The third kappa shape index (κ3) is 4.55. The van der Waals surface area contributed by atoms with Gasteiger partial charge in [0.05, 0.1) is 9.82 Å². The van der Waals surface area contributed by atoms with Crippen molar-refractivity contribution < 1.29 is 13.3 Å². The SMILES string of the molecule is O=[N+]([O-])c1ccc(S(=O)(=O)NCCSc2ccccc2)cc1. The summed E-state index contributed by atoms with van der Waals surface area (Å²) >= 11 is 1.55. The van der Waals surface area contributed by atoms with Gasteiger partial charge >= 0.3 is 0 Å². The molecule has 2 aromatic rings. The highest BCUT2D eigenvalue weighted by Gasteiger charge is 2.15. The van der Waals surface area contributed by atoms with Crippen molar-refractivity contribution in [2.75, 3.05) is 12.3 Å². The van der Waals surface area contributed by atoms with Gasteiger partial charge in [-0.15, -0.1) is 11.8 Å². The summed E-state index contributed by atoms with van der Waals surface area (Å²) in [6.45, 7) is 0.277. The summed E-state index contributed by atoms with van der Waals surface area (Å²) in [7, 11) is -3.64. The molecule has 0 atom stereocenters. The highest BCUT2D eigenvalue weighted by molar-refractivity contribution is 7.99. The van der Waals surface area contributed by atoms with Gasteiger partial charge in [-0.3, -0.25) is 10.1 Å². The molecule has 2 aromatic carbocycles. The predicted molar refractivity (Wildman–Crippen MR) is 85.5 cm³/mol. The lowest BCUT2D eigenvalue weighted by Gasteiger charge is -2.06. The van der Waals surface area contributed by atoms with E-state index in [2.05, 4.69) is 4.72 Å². The first-order valence-corrected chi connectivity index (χ1v) is 8.88. The molecule has 0 aliphatic carbocycles. The molecule has 116 valence electrons. The van der Waals surface area contributed by atoms with Crippen molar-refractivity contribution in [2.45, 2.75) is 9.79 Å². The molecule has 0 aromatic heterocycles. The number of sulfonamides is 1. The zero-order valence-corrected chi connectivity index (χ0v) is 13.1. The number of benzene rings is 2. The number of nitro groups is 1. The molecular formula is C14H14N2O4S2. The monoisotopic (exact) mass is 338 g/mol. The van der Waals surface area contributed by atoms with Crippen LogP contribution in [0.5, 0.6) is 0 Å². The van der Waals surface area contributed by atoms with Crippen LogP contribution in [-0.2, 0) is 10.0 Å². The fraction of sp³-hybridized carbons (Fsp3) is 0.143. The molecule has 0 radical (unpaired) electrons. The van der Waals surface area contributed by atoms with E-state index in [0.29, 0.717) is 5.75 Å². The molecule has 0 saturated heterocycles. The van der Waals surface area contributed by atoms with Crippen molar-refractivity contribution in [1.82, 2.24) is 4.72 Å². The third-order valence-corrected chi connectivity index (χ3v) is 5.25. The minimum atomic E-state index is -3.64. The molecule has 0 unspecified atom stereocenters. The first kappa shape index (κ1) is 16.5. The first-order chi connectivity index (χ1) is 10.5. The van der Waals surface area contributed by atoms with Gasteiger partial charge in [0, 0.05) is 29.3 Å². The lowest BCUT2D eigenvalue weighted by atomic mass is 10.3. The Morgan fingerprint density at radius 1 is 1.05 bits per heavy atom. The Morgan fingerprint density at radius 3 is 2.27 bits per heavy atom. The van der Waals surface area contributed by atoms with Crippen LogP contribution in [0.4, 0.5) is 5.69 Å². The lowest BCUT2D eigenvalue weighted by molar-refractivity contribution is -0.384. The van der Waals surface area contributed by atoms with Gasteiger partial charge < -0.3 is 0 Å². The molecule has 0 saturated carbocycles. The topological polar surface area (TPSA) is 89.3 Å². The number of hydrogen-bond donors (Lipinski definition) is 1. The second-order valence-corrected chi connectivity index (χ2v) is 7.25. The summed E-state index contributed by atoms with van der Waals surface area (Å²) in [6.07, 6.45) is 0. The Morgan fingerprint density at radius 2 is 1.68 bits per heavy atom. The van der Waals surface area contributed by atoms with E-state index in [1.165, 1.54) is 24.3 Å². The summed E-state index contributed by atoms with van der Waals surface area (Å²) in [5.74, 6) is 0.593. The van der Waals surface area contributed by atoms with Crippen LogP contribution in [-0.4, -0.2) is 25.6 Å². The smallest absolute Gasteiger partial charge is 0.258 e. The van der Waals surface area contributed by atoms with Crippen LogP contribution in [0.2, 0.25) is 0 Å². The Kier molecular flexibility index (Phi) is 5.53. The van der Waals surface area contributed by atoms with Crippen LogP contribution in [0.25, 0.3) is 0 Å². The lowest BCUT2D eigenvalue weighted by Crippen LogP contribution is -2.26. The quantitative estimate of drug-likeness (QED) is 0.363. The van der Waals surface area contributed by atoms with E-state index >= 15 is 0 Å². The van der Waals surface area contributed by atoms with E-state index in [9.17, 15) is 18.5 Å². The van der Waals surface area contributed by atoms with E-state index in [4.69, 9.17) is 0 Å². The number of nitrogens with one attached hydrogen (secondary N) is 1. The number of non-ortho nitro benzene ring substituents is 1. The number of rotatable bonds is 7. The minimum absolute atomic E-state index is 0.0165. The van der Waals surface area contributed by atoms with E-state index in [-0.39, 0.29) is 17.1 Å². The van der Waals surface area contributed by atoms with Crippen molar-refractivity contribution >= 4 is 27.5 Å². The minimum Gasteiger partial charge on any atom is -0.258 e. The Hall–Kier alpha value is -1.90. The molecule has 0 aliphatic rings. The summed E-state index contributed by atoms with van der Waals surface area (Å²) in [6, 6.07) is 14.5. The van der Waals surface area contributed by atoms with Gasteiger partial charge in [0.25, 0.3) is 5.69 Å². The van der Waals surface area contributed by atoms with E-state index in [0.717, 1.165) is 4.90 Å². The van der Waals surface area contributed by atoms with E-state index in [1.807, 2.05) is 30.3 Å². The van der Waals surface area contributed by atoms with Crippen molar-refractivity contribution in [3.05, 3.63) is 64.7 Å². The molecule has 6 nitrogen and oxygen atoms in total. The summed E-state index contributed by atoms with van der Waals surface area (Å²) in [5.41, 5.74) is -0.140. The molecule has 0 aliphatic heterocycles. The summed E-state index contributed by atoms with van der Waals surface area (Å²) in [5, 5.41) is 10.5. The molecule has 1 N–H and O–H groups in total. The number of nitro benzene ring substituents is 1. The molecule has 2 rings (SSSR count). The zero-order chi connectivity index (χ0) is 16.0. The average molecular weight is 338 g/mol. The molecule has 8 heteroatoms. The van der Waals surface area contributed by atoms with Gasteiger partial charge in [0.2, 0.25) is 10.0 Å². The van der Waals surface area contributed by atoms with Gasteiger partial charge in [-0.05, 0) is 24.3 Å². The Balaban J connectivity index is 1.89. The van der Waals surface area contributed by atoms with Crippen LogP contribution in [0, 0.1) is 10.1 Å². The second-order valence-electron chi connectivity index (χ2n) is 4.31. The van der Waals surface area contributed by atoms with Crippen LogP contribution in [0.3, 0.4) is 0 Å². The highest BCUT2D eigenvalue weighted by Crippen LogP contribution is 2.17. The normalized spacial score (nSPS) is 11.3. The molecular weight excluding hydrogens is 324 g/mol. The van der Waals surface area contributed by atoms with E-state index in [1.54, 1.807) is 11.8 Å². The van der Waals surface area contributed by atoms with Crippen molar-refractivity contribution in [2.24, 2.45) is 0 Å². The Labute approximate surface area is 132 Å². The molecule has 0 spiro atoms. The van der Waals surface area contributed by atoms with Crippen LogP contribution in [0.1, 0.15) is 0 Å². The maximum Gasteiger partial charge on any atom is 0.269 e. The third-order valence-electron chi connectivity index (χ3n) is 2.76. The van der Waals surface area contributed by atoms with Crippen LogP contribution < -0.4 is 4.72 Å². The first-order valence-electron chi connectivity index (χ1n) is 6.41. The summed E-state index contributed by atoms with van der Waals surface area (Å²) in [4.78, 5) is 11.1. The largest absolute Gasteiger partial charge is 0.269 e. The van der Waals surface area contributed by atoms with Crippen molar-refractivity contribution in [1.29, 1.82) is 0 Å². The van der Waals surface area contributed by atoms with Gasteiger partial charge in [0.15, 0.2) is 0 Å².